The van der Waals surface area contributed by atoms with E-state index in [1.807, 2.05) is 31.2 Å². The molecule has 0 aliphatic heterocycles. The van der Waals surface area contributed by atoms with Crippen LogP contribution in [0, 0.1) is 6.92 Å². The standard InChI is InChI=1S/C12H16N4O2S/c1-3-19(17,18)15-12-13-9-16(14-12)8-11-7-5-4-6-10(11)2/h4-7,9H,3,8H2,1-2H3,(H,14,15). The van der Waals surface area contributed by atoms with Gasteiger partial charge in [-0.1, -0.05) is 24.3 Å². The summed E-state index contributed by atoms with van der Waals surface area (Å²) in [6.07, 6.45) is 1.51. The zero-order valence-electron chi connectivity index (χ0n) is 10.9. The molecule has 1 heterocycles. The summed E-state index contributed by atoms with van der Waals surface area (Å²) in [5.41, 5.74) is 2.28. The molecule has 0 aliphatic rings. The Balaban J connectivity index is 2.12. The summed E-state index contributed by atoms with van der Waals surface area (Å²) < 4.78 is 26.7. The Hall–Kier alpha value is -1.89. The molecule has 0 saturated carbocycles. The molecule has 0 radical (unpaired) electrons. The van der Waals surface area contributed by atoms with Crippen molar-refractivity contribution in [2.24, 2.45) is 0 Å². The molecule has 7 heteroatoms. The Morgan fingerprint density at radius 1 is 1.32 bits per heavy atom. The minimum Gasteiger partial charge on any atom is -0.250 e. The van der Waals surface area contributed by atoms with Gasteiger partial charge in [-0.25, -0.2) is 17.8 Å². The van der Waals surface area contributed by atoms with Crippen LogP contribution in [0.1, 0.15) is 18.1 Å². The van der Waals surface area contributed by atoms with Crippen LogP contribution in [0.15, 0.2) is 30.6 Å². The number of nitrogens with zero attached hydrogens (tertiary/aromatic N) is 3. The van der Waals surface area contributed by atoms with Gasteiger partial charge in [0.2, 0.25) is 10.0 Å². The molecule has 0 spiro atoms. The Kier molecular flexibility index (Phi) is 3.84. The lowest BCUT2D eigenvalue weighted by Crippen LogP contribution is -2.16. The van der Waals surface area contributed by atoms with Crippen LogP contribution in [-0.4, -0.2) is 28.9 Å². The number of nitrogens with one attached hydrogen (secondary N) is 1. The average molecular weight is 280 g/mol. The molecule has 1 N–H and O–H groups in total. The third kappa shape index (κ3) is 3.54. The van der Waals surface area contributed by atoms with Gasteiger partial charge in [-0.05, 0) is 25.0 Å². The monoisotopic (exact) mass is 280 g/mol. The lowest BCUT2D eigenvalue weighted by atomic mass is 10.1. The van der Waals surface area contributed by atoms with E-state index in [1.54, 1.807) is 11.6 Å². The van der Waals surface area contributed by atoms with Crippen LogP contribution < -0.4 is 4.72 Å². The van der Waals surface area contributed by atoms with E-state index in [9.17, 15) is 8.42 Å². The Morgan fingerprint density at radius 3 is 2.74 bits per heavy atom. The first-order valence-corrected chi connectivity index (χ1v) is 7.60. The Morgan fingerprint density at radius 2 is 2.05 bits per heavy atom. The van der Waals surface area contributed by atoms with Gasteiger partial charge in [0, 0.05) is 0 Å². The summed E-state index contributed by atoms with van der Waals surface area (Å²) in [5, 5.41) is 4.10. The van der Waals surface area contributed by atoms with Gasteiger partial charge in [0.05, 0.1) is 12.3 Å². The van der Waals surface area contributed by atoms with Crippen LogP contribution in [0.4, 0.5) is 5.95 Å². The van der Waals surface area contributed by atoms with Crippen molar-refractivity contribution < 1.29 is 8.42 Å². The van der Waals surface area contributed by atoms with E-state index in [4.69, 9.17) is 0 Å². The first kappa shape index (κ1) is 13.5. The minimum atomic E-state index is -3.33. The van der Waals surface area contributed by atoms with Crippen LogP contribution in [0.5, 0.6) is 0 Å². The van der Waals surface area contributed by atoms with Crippen LogP contribution in [0.2, 0.25) is 0 Å². The minimum absolute atomic E-state index is 0.000661. The zero-order chi connectivity index (χ0) is 13.9. The topological polar surface area (TPSA) is 76.9 Å². The van der Waals surface area contributed by atoms with E-state index in [0.29, 0.717) is 6.54 Å². The maximum atomic E-state index is 11.4. The maximum Gasteiger partial charge on any atom is 0.255 e. The molecule has 2 aromatic rings. The molecule has 1 aromatic heterocycles. The van der Waals surface area contributed by atoms with Gasteiger partial charge in [-0.15, -0.1) is 5.10 Å². The van der Waals surface area contributed by atoms with Gasteiger partial charge >= 0.3 is 0 Å². The van der Waals surface area contributed by atoms with Crippen molar-refractivity contribution in [1.29, 1.82) is 0 Å². The lowest BCUT2D eigenvalue weighted by Gasteiger charge is -2.04. The van der Waals surface area contributed by atoms with E-state index in [-0.39, 0.29) is 11.7 Å². The number of aryl methyl sites for hydroxylation is 1. The molecule has 0 aliphatic carbocycles. The molecule has 19 heavy (non-hydrogen) atoms. The van der Waals surface area contributed by atoms with Gasteiger partial charge < -0.3 is 0 Å². The predicted molar refractivity (Wildman–Crippen MR) is 73.4 cm³/mol. The average Bonchev–Trinajstić information content (AvgIpc) is 2.79. The SMILES string of the molecule is CCS(=O)(=O)Nc1ncn(Cc2ccccc2C)n1. The fourth-order valence-corrected chi connectivity index (χ4v) is 2.11. The molecule has 6 nitrogen and oxygen atoms in total. The van der Waals surface area contributed by atoms with Crippen LogP contribution >= 0.6 is 0 Å². The third-order valence-corrected chi connectivity index (χ3v) is 4.01. The highest BCUT2D eigenvalue weighted by Crippen LogP contribution is 2.09. The molecule has 0 fully saturated rings. The highest BCUT2D eigenvalue weighted by molar-refractivity contribution is 7.92. The summed E-state index contributed by atoms with van der Waals surface area (Å²) >= 11 is 0. The van der Waals surface area contributed by atoms with Gasteiger partial charge in [0.25, 0.3) is 5.95 Å². The quantitative estimate of drug-likeness (QED) is 0.898. The van der Waals surface area contributed by atoms with Gasteiger partial charge in [0.1, 0.15) is 6.33 Å². The number of hydrogen-bond donors (Lipinski definition) is 1. The second kappa shape index (κ2) is 5.40. The van der Waals surface area contributed by atoms with Crippen LogP contribution in [0.3, 0.4) is 0 Å². The maximum absolute atomic E-state index is 11.4. The van der Waals surface area contributed by atoms with Crippen LogP contribution in [-0.2, 0) is 16.6 Å². The summed E-state index contributed by atoms with van der Waals surface area (Å²) in [7, 11) is -3.33. The van der Waals surface area contributed by atoms with E-state index >= 15 is 0 Å². The molecular formula is C12H16N4O2S. The molecule has 0 amide bonds. The van der Waals surface area contributed by atoms with E-state index in [1.165, 1.54) is 6.33 Å². The van der Waals surface area contributed by atoms with E-state index in [0.717, 1.165) is 11.1 Å². The first-order chi connectivity index (χ1) is 9.00. The van der Waals surface area contributed by atoms with Crippen molar-refractivity contribution in [2.45, 2.75) is 20.4 Å². The molecule has 0 atom stereocenters. The fraction of sp³-hybridized carbons (Fsp3) is 0.333. The molecule has 1 aromatic carbocycles. The third-order valence-electron chi connectivity index (χ3n) is 2.76. The molecule has 0 saturated heterocycles. The van der Waals surface area contributed by atoms with Gasteiger partial charge in [0.15, 0.2) is 0 Å². The fourth-order valence-electron chi connectivity index (χ4n) is 1.59. The van der Waals surface area contributed by atoms with Crippen molar-refractivity contribution in [3.8, 4) is 0 Å². The second-order valence-corrected chi connectivity index (χ2v) is 6.21. The van der Waals surface area contributed by atoms with Crippen LogP contribution in [0.25, 0.3) is 0 Å². The number of aromatic nitrogens is 3. The smallest absolute Gasteiger partial charge is 0.250 e. The number of sulfonamides is 1. The van der Waals surface area contributed by atoms with Crippen molar-refractivity contribution in [3.63, 3.8) is 0 Å². The van der Waals surface area contributed by atoms with Crippen molar-refractivity contribution in [1.82, 2.24) is 14.8 Å². The lowest BCUT2D eigenvalue weighted by molar-refractivity contribution is 0.601. The number of anilines is 1. The molecule has 0 unspecified atom stereocenters. The highest BCUT2D eigenvalue weighted by atomic mass is 32.2. The summed E-state index contributed by atoms with van der Waals surface area (Å²) in [5.74, 6) is 0.106. The number of rotatable bonds is 5. The molecular weight excluding hydrogens is 264 g/mol. The summed E-state index contributed by atoms with van der Waals surface area (Å²) in [6.45, 7) is 4.15. The molecule has 102 valence electrons. The van der Waals surface area contributed by atoms with Crippen molar-refractivity contribution in [3.05, 3.63) is 41.7 Å². The first-order valence-electron chi connectivity index (χ1n) is 5.94. The predicted octanol–water partition coefficient (Wildman–Crippen LogP) is 1.40. The molecule has 2 rings (SSSR count). The van der Waals surface area contributed by atoms with Gasteiger partial charge in [-0.2, -0.15) is 4.98 Å². The Bertz CT molecular complexity index is 664. The van der Waals surface area contributed by atoms with Crippen molar-refractivity contribution in [2.75, 3.05) is 10.5 Å². The zero-order valence-corrected chi connectivity index (χ0v) is 11.7. The molecule has 0 bridgehead atoms. The second-order valence-electron chi connectivity index (χ2n) is 4.20. The normalized spacial score (nSPS) is 11.5. The van der Waals surface area contributed by atoms with Gasteiger partial charge in [-0.3, -0.25) is 0 Å². The summed E-state index contributed by atoms with van der Waals surface area (Å²) in [6, 6.07) is 7.96. The Labute approximate surface area is 112 Å². The highest BCUT2D eigenvalue weighted by Gasteiger charge is 2.10. The van der Waals surface area contributed by atoms with Crippen molar-refractivity contribution >= 4 is 16.0 Å². The number of benzene rings is 1. The largest absolute Gasteiger partial charge is 0.255 e. The number of hydrogen-bond acceptors (Lipinski definition) is 4. The summed E-state index contributed by atoms with van der Waals surface area (Å²) in [4.78, 5) is 3.94. The van der Waals surface area contributed by atoms with E-state index < -0.39 is 10.0 Å². The van der Waals surface area contributed by atoms with E-state index in [2.05, 4.69) is 14.8 Å².